The molecule has 0 saturated heterocycles. The van der Waals surface area contributed by atoms with Gasteiger partial charge < -0.3 is 10.6 Å². The zero-order valence-electron chi connectivity index (χ0n) is 20.7. The normalized spacial score (nSPS) is 19.5. The molecular weight excluding hydrogens is 548 g/mol. The van der Waals surface area contributed by atoms with Crippen LogP contribution in [0.25, 0.3) is 0 Å². The lowest BCUT2D eigenvalue weighted by Gasteiger charge is -2.37. The predicted molar refractivity (Wildman–Crippen MR) is 146 cm³/mol. The number of amides is 1. The van der Waals surface area contributed by atoms with E-state index in [0.717, 1.165) is 11.6 Å². The molecule has 2 N–H and O–H groups in total. The Hall–Kier alpha value is -3.55. The maximum Gasteiger partial charge on any atom is 0.418 e. The van der Waals surface area contributed by atoms with E-state index in [-0.39, 0.29) is 34.4 Å². The van der Waals surface area contributed by atoms with Crippen LogP contribution < -0.4 is 10.6 Å². The van der Waals surface area contributed by atoms with Crippen LogP contribution in [-0.2, 0) is 15.8 Å². The van der Waals surface area contributed by atoms with Crippen LogP contribution in [0.2, 0.25) is 10.0 Å². The van der Waals surface area contributed by atoms with E-state index >= 15 is 0 Å². The molecule has 0 radical (unpaired) electrons. The molecule has 1 heterocycles. The Balaban J connectivity index is 1.60. The van der Waals surface area contributed by atoms with E-state index in [2.05, 4.69) is 10.6 Å². The number of Topliss-reactive ketones (excluding diaryl/α,β-unsaturated/α-hetero) is 1. The van der Waals surface area contributed by atoms with Gasteiger partial charge in [0.15, 0.2) is 5.78 Å². The maximum absolute atomic E-state index is 13.7. The van der Waals surface area contributed by atoms with Crippen molar-refractivity contribution in [3.8, 4) is 0 Å². The predicted octanol–water partition coefficient (Wildman–Crippen LogP) is 8.01. The first-order valence-electron chi connectivity index (χ1n) is 12.3. The molecule has 1 aliphatic heterocycles. The number of nitrogens with one attached hydrogen (secondary N) is 2. The third kappa shape index (κ3) is 5.34. The highest BCUT2D eigenvalue weighted by Gasteiger charge is 2.42. The molecule has 39 heavy (non-hydrogen) atoms. The van der Waals surface area contributed by atoms with Crippen molar-refractivity contribution in [2.75, 3.05) is 5.32 Å². The second-order valence-corrected chi connectivity index (χ2v) is 10.4. The van der Waals surface area contributed by atoms with Gasteiger partial charge in [-0.2, -0.15) is 13.2 Å². The minimum atomic E-state index is -4.67. The van der Waals surface area contributed by atoms with Crippen molar-refractivity contribution < 1.29 is 22.8 Å². The summed E-state index contributed by atoms with van der Waals surface area (Å²) in [6.45, 7) is 1.67. The fraction of sp³-hybridized carbons (Fsp3) is 0.200. The van der Waals surface area contributed by atoms with E-state index in [4.69, 9.17) is 23.2 Å². The number of hydrogen-bond donors (Lipinski definition) is 2. The van der Waals surface area contributed by atoms with Gasteiger partial charge in [0.25, 0.3) is 5.91 Å². The molecule has 1 amide bonds. The summed E-state index contributed by atoms with van der Waals surface area (Å²) >= 11 is 12.7. The number of carbonyl (C=O) groups excluding carboxylic acids is 2. The van der Waals surface area contributed by atoms with Gasteiger partial charge in [0.1, 0.15) is 0 Å². The molecule has 0 bridgehead atoms. The summed E-state index contributed by atoms with van der Waals surface area (Å²) in [4.78, 5) is 27.4. The van der Waals surface area contributed by atoms with Gasteiger partial charge in [0.05, 0.1) is 11.3 Å². The molecule has 0 unspecified atom stereocenters. The molecule has 3 aromatic carbocycles. The van der Waals surface area contributed by atoms with Crippen molar-refractivity contribution in [1.82, 2.24) is 5.32 Å². The molecule has 0 spiro atoms. The zero-order valence-corrected chi connectivity index (χ0v) is 22.2. The van der Waals surface area contributed by atoms with Crippen LogP contribution >= 0.6 is 23.2 Å². The van der Waals surface area contributed by atoms with Gasteiger partial charge in [-0.15, -0.1) is 0 Å². The molecule has 3 aromatic rings. The van der Waals surface area contributed by atoms with Crippen molar-refractivity contribution in [3.05, 3.63) is 122 Å². The number of para-hydroxylation sites is 1. The molecule has 200 valence electrons. The van der Waals surface area contributed by atoms with Crippen LogP contribution in [0, 0.1) is 0 Å². The van der Waals surface area contributed by atoms with Crippen molar-refractivity contribution in [3.63, 3.8) is 0 Å². The number of carbonyl (C=O) groups is 2. The Morgan fingerprint density at radius 1 is 0.974 bits per heavy atom. The van der Waals surface area contributed by atoms with Gasteiger partial charge in [0.2, 0.25) is 0 Å². The van der Waals surface area contributed by atoms with Crippen LogP contribution in [0.3, 0.4) is 0 Å². The summed E-state index contributed by atoms with van der Waals surface area (Å²) in [6.07, 6.45) is -3.93. The first kappa shape index (κ1) is 27.0. The van der Waals surface area contributed by atoms with Gasteiger partial charge in [-0.25, -0.2) is 0 Å². The van der Waals surface area contributed by atoms with Gasteiger partial charge >= 0.3 is 6.18 Å². The fourth-order valence-electron chi connectivity index (χ4n) is 5.38. The second-order valence-electron chi connectivity index (χ2n) is 9.59. The summed E-state index contributed by atoms with van der Waals surface area (Å²) in [7, 11) is 0. The van der Waals surface area contributed by atoms with E-state index in [0.29, 0.717) is 34.0 Å². The monoisotopic (exact) mass is 570 g/mol. The van der Waals surface area contributed by atoms with E-state index in [1.807, 2.05) is 30.3 Å². The fourth-order valence-corrected chi connectivity index (χ4v) is 5.89. The maximum atomic E-state index is 13.7. The van der Waals surface area contributed by atoms with Crippen LogP contribution in [-0.4, -0.2) is 11.7 Å². The topological polar surface area (TPSA) is 58.2 Å². The Kier molecular flexibility index (Phi) is 7.31. The van der Waals surface area contributed by atoms with Gasteiger partial charge in [-0.3, -0.25) is 9.59 Å². The lowest BCUT2D eigenvalue weighted by atomic mass is 9.71. The minimum absolute atomic E-state index is 0.0619. The zero-order chi connectivity index (χ0) is 27.9. The molecule has 0 aromatic heterocycles. The number of alkyl halides is 3. The Labute approximate surface area is 233 Å². The quantitative estimate of drug-likeness (QED) is 0.334. The number of anilines is 1. The van der Waals surface area contributed by atoms with Gasteiger partial charge in [0, 0.05) is 44.9 Å². The Morgan fingerprint density at radius 3 is 2.36 bits per heavy atom. The summed E-state index contributed by atoms with van der Waals surface area (Å²) in [5.41, 5.74) is 1.72. The Morgan fingerprint density at radius 2 is 1.67 bits per heavy atom. The highest BCUT2D eigenvalue weighted by Crippen LogP contribution is 2.47. The lowest BCUT2D eigenvalue weighted by molar-refractivity contribution is -0.137. The van der Waals surface area contributed by atoms with Gasteiger partial charge in [-0.05, 0) is 54.7 Å². The van der Waals surface area contributed by atoms with E-state index < -0.39 is 23.6 Å². The summed E-state index contributed by atoms with van der Waals surface area (Å²) in [5.74, 6) is -1.89. The average molecular weight is 571 g/mol. The third-order valence-corrected chi connectivity index (χ3v) is 7.66. The van der Waals surface area contributed by atoms with Crippen LogP contribution in [0.4, 0.5) is 18.9 Å². The minimum Gasteiger partial charge on any atom is -0.362 e. The smallest absolute Gasteiger partial charge is 0.362 e. The van der Waals surface area contributed by atoms with Crippen LogP contribution in [0.5, 0.6) is 0 Å². The van der Waals surface area contributed by atoms with Crippen molar-refractivity contribution in [2.24, 2.45) is 0 Å². The summed E-state index contributed by atoms with van der Waals surface area (Å²) < 4.78 is 40.9. The first-order valence-corrected chi connectivity index (χ1v) is 13.0. The number of dihydropyridines is 1. The van der Waals surface area contributed by atoms with E-state index in [1.165, 1.54) is 24.3 Å². The molecule has 0 saturated carbocycles. The van der Waals surface area contributed by atoms with Crippen LogP contribution in [0.15, 0.2) is 95.3 Å². The number of benzene rings is 3. The highest BCUT2D eigenvalue weighted by atomic mass is 35.5. The Bertz CT molecular complexity index is 1530. The number of ketones is 1. The molecular formula is C30H23Cl2F3N2O2. The molecule has 2 atom stereocenters. The van der Waals surface area contributed by atoms with E-state index in [9.17, 15) is 22.8 Å². The number of rotatable bonds is 4. The number of hydrogen-bond acceptors (Lipinski definition) is 3. The second kappa shape index (κ2) is 10.5. The average Bonchev–Trinajstić information content (AvgIpc) is 2.88. The molecule has 4 nitrogen and oxygen atoms in total. The summed E-state index contributed by atoms with van der Waals surface area (Å²) in [6, 6.07) is 19.2. The van der Waals surface area contributed by atoms with Crippen molar-refractivity contribution >= 4 is 40.6 Å². The first-order chi connectivity index (χ1) is 18.5. The molecule has 9 heteroatoms. The molecule has 5 rings (SSSR count). The number of allylic oxidation sites excluding steroid dienone is 3. The van der Waals surface area contributed by atoms with Crippen molar-refractivity contribution in [1.29, 1.82) is 0 Å². The SMILES string of the molecule is CC1=C(C(=O)Nc2ccccc2C(F)(F)F)[C@H](c2ccc(Cl)cc2Cl)C2=C(C[C@H](c3ccccc3)CC2=O)N1. The molecule has 1 aliphatic carbocycles. The molecule has 2 aliphatic rings. The van der Waals surface area contributed by atoms with Crippen LogP contribution in [0.1, 0.15) is 48.3 Å². The largest absolute Gasteiger partial charge is 0.418 e. The molecule has 0 fully saturated rings. The highest BCUT2D eigenvalue weighted by molar-refractivity contribution is 6.35. The summed E-state index contributed by atoms with van der Waals surface area (Å²) in [5, 5.41) is 6.28. The van der Waals surface area contributed by atoms with E-state index in [1.54, 1.807) is 19.1 Å². The lowest BCUT2D eigenvalue weighted by Crippen LogP contribution is -2.37. The van der Waals surface area contributed by atoms with Crippen molar-refractivity contribution in [2.45, 2.75) is 37.8 Å². The standard InChI is InChI=1S/C30H23Cl2F3N2O2/c1-16-26(29(39)37-23-10-6-5-9-21(23)30(33,34)35)27(20-12-11-19(31)15-22(20)32)28-24(36-16)13-18(14-25(28)38)17-7-3-2-4-8-17/h2-12,15,18,27,36H,13-14H2,1H3,(H,37,39)/t18-,27-/m0/s1. The third-order valence-electron chi connectivity index (χ3n) is 7.10. The van der Waals surface area contributed by atoms with Gasteiger partial charge in [-0.1, -0.05) is 71.7 Å². The number of halogens is 5.